The minimum absolute atomic E-state index is 0.234. The van der Waals surface area contributed by atoms with E-state index in [-0.39, 0.29) is 11.9 Å². The molecule has 1 aromatic carbocycles. The number of hydrogen-bond acceptors (Lipinski definition) is 4. The molecule has 1 amide bonds. The Labute approximate surface area is 86.2 Å². The van der Waals surface area contributed by atoms with Crippen molar-refractivity contribution in [2.75, 3.05) is 5.32 Å². The number of carbonyl (C=O) groups is 1. The number of carbonyl (C=O) groups excluding carboxylic acids is 1. The van der Waals surface area contributed by atoms with Crippen LogP contribution in [-0.4, -0.2) is 20.9 Å². The van der Waals surface area contributed by atoms with Crippen LogP contribution in [0.25, 0.3) is 0 Å². The predicted octanol–water partition coefficient (Wildman–Crippen LogP) is 1.12. The Hall–Kier alpha value is -2.30. The summed E-state index contributed by atoms with van der Waals surface area (Å²) in [6, 6.07) is 8.87. The van der Waals surface area contributed by atoms with Gasteiger partial charge >= 0.3 is 0 Å². The van der Waals surface area contributed by atoms with E-state index in [1.54, 1.807) is 24.3 Å². The van der Waals surface area contributed by atoms with Crippen molar-refractivity contribution in [2.24, 2.45) is 0 Å². The number of nitrogens with one attached hydrogen (secondary N) is 1. The number of anilines is 1. The van der Waals surface area contributed by atoms with Crippen LogP contribution in [0.15, 0.2) is 43.0 Å². The lowest BCUT2D eigenvalue weighted by Crippen LogP contribution is -2.13. The zero-order valence-electron chi connectivity index (χ0n) is 7.79. The summed E-state index contributed by atoms with van der Waals surface area (Å²) in [6.45, 7) is 0. The van der Waals surface area contributed by atoms with Gasteiger partial charge in [-0.05, 0) is 12.1 Å². The van der Waals surface area contributed by atoms with Gasteiger partial charge in [0.25, 0.3) is 5.91 Å². The molecule has 0 radical (unpaired) electrons. The Morgan fingerprint density at radius 2 is 1.73 bits per heavy atom. The van der Waals surface area contributed by atoms with E-state index >= 15 is 0 Å². The lowest BCUT2D eigenvalue weighted by molar-refractivity contribution is 0.102. The molecule has 1 N–H and O–H groups in total. The van der Waals surface area contributed by atoms with Crippen molar-refractivity contribution in [3.05, 3.63) is 48.5 Å². The maximum atomic E-state index is 11.6. The van der Waals surface area contributed by atoms with E-state index in [4.69, 9.17) is 0 Å². The number of amides is 1. The van der Waals surface area contributed by atoms with Gasteiger partial charge in [-0.2, -0.15) is 0 Å². The molecule has 1 heterocycles. The highest BCUT2D eigenvalue weighted by molar-refractivity contribution is 6.03. The number of aromatic nitrogens is 3. The van der Waals surface area contributed by atoms with E-state index in [2.05, 4.69) is 20.3 Å². The van der Waals surface area contributed by atoms with Crippen molar-refractivity contribution >= 4 is 11.9 Å². The number of hydrogen-bond donors (Lipinski definition) is 1. The molecule has 0 fully saturated rings. The van der Waals surface area contributed by atoms with Crippen molar-refractivity contribution in [1.82, 2.24) is 15.0 Å². The predicted molar refractivity (Wildman–Crippen MR) is 54.2 cm³/mol. The van der Waals surface area contributed by atoms with E-state index in [0.717, 1.165) is 0 Å². The van der Waals surface area contributed by atoms with Gasteiger partial charge in [0, 0.05) is 5.56 Å². The molecule has 2 rings (SSSR count). The molecule has 74 valence electrons. The van der Waals surface area contributed by atoms with Crippen molar-refractivity contribution in [1.29, 1.82) is 0 Å². The minimum Gasteiger partial charge on any atom is -0.290 e. The molecular formula is C10H8N4O. The Morgan fingerprint density at radius 1 is 1.07 bits per heavy atom. The van der Waals surface area contributed by atoms with Gasteiger partial charge in [0.1, 0.15) is 12.7 Å². The van der Waals surface area contributed by atoms with Crippen LogP contribution in [0.5, 0.6) is 0 Å². The third-order valence-corrected chi connectivity index (χ3v) is 1.75. The topological polar surface area (TPSA) is 67.8 Å². The Balaban J connectivity index is 2.12. The molecule has 2 aromatic rings. The number of benzene rings is 1. The maximum absolute atomic E-state index is 11.6. The highest BCUT2D eigenvalue weighted by Gasteiger charge is 2.05. The second kappa shape index (κ2) is 4.28. The molecular weight excluding hydrogens is 192 g/mol. The van der Waals surface area contributed by atoms with Crippen molar-refractivity contribution < 1.29 is 4.79 Å². The zero-order chi connectivity index (χ0) is 10.5. The second-order valence-corrected chi connectivity index (χ2v) is 2.78. The van der Waals surface area contributed by atoms with Gasteiger partial charge in [0.05, 0.1) is 0 Å². The van der Waals surface area contributed by atoms with E-state index in [1.807, 2.05) is 6.07 Å². The summed E-state index contributed by atoms with van der Waals surface area (Å²) < 4.78 is 0. The minimum atomic E-state index is -0.234. The molecule has 15 heavy (non-hydrogen) atoms. The summed E-state index contributed by atoms with van der Waals surface area (Å²) in [7, 11) is 0. The maximum Gasteiger partial charge on any atom is 0.258 e. The van der Waals surface area contributed by atoms with Gasteiger partial charge in [0.15, 0.2) is 0 Å². The van der Waals surface area contributed by atoms with Crippen molar-refractivity contribution in [3.8, 4) is 0 Å². The van der Waals surface area contributed by atoms with Crippen LogP contribution in [0, 0.1) is 0 Å². The molecule has 0 saturated carbocycles. The van der Waals surface area contributed by atoms with E-state index in [0.29, 0.717) is 5.56 Å². The van der Waals surface area contributed by atoms with Gasteiger partial charge in [-0.3, -0.25) is 10.1 Å². The number of nitrogens with zero attached hydrogens (tertiary/aromatic N) is 3. The monoisotopic (exact) mass is 200 g/mol. The first-order valence-corrected chi connectivity index (χ1v) is 4.34. The molecule has 0 aliphatic rings. The fourth-order valence-corrected chi connectivity index (χ4v) is 1.07. The average Bonchev–Trinajstić information content (AvgIpc) is 2.31. The first kappa shape index (κ1) is 9.26. The first-order chi connectivity index (χ1) is 7.36. The molecule has 0 unspecified atom stereocenters. The molecule has 1 aromatic heterocycles. The Bertz CT molecular complexity index is 443. The largest absolute Gasteiger partial charge is 0.290 e. The summed E-state index contributed by atoms with van der Waals surface area (Å²) in [4.78, 5) is 22.8. The third kappa shape index (κ3) is 2.34. The quantitative estimate of drug-likeness (QED) is 0.788. The zero-order valence-corrected chi connectivity index (χ0v) is 7.79. The molecule has 0 bridgehead atoms. The fourth-order valence-electron chi connectivity index (χ4n) is 1.07. The van der Waals surface area contributed by atoms with Crippen LogP contribution in [-0.2, 0) is 0 Å². The molecule has 5 nitrogen and oxygen atoms in total. The number of rotatable bonds is 2. The van der Waals surface area contributed by atoms with Gasteiger partial charge in [-0.25, -0.2) is 15.0 Å². The lowest BCUT2D eigenvalue weighted by atomic mass is 10.2. The first-order valence-electron chi connectivity index (χ1n) is 4.34. The van der Waals surface area contributed by atoms with Crippen LogP contribution in [0.2, 0.25) is 0 Å². The molecule has 0 spiro atoms. The summed E-state index contributed by atoms with van der Waals surface area (Å²) in [5.41, 5.74) is 0.568. The van der Waals surface area contributed by atoms with Crippen LogP contribution >= 0.6 is 0 Å². The summed E-state index contributed by atoms with van der Waals surface area (Å²) >= 11 is 0. The summed E-state index contributed by atoms with van der Waals surface area (Å²) in [5, 5.41) is 2.56. The summed E-state index contributed by atoms with van der Waals surface area (Å²) in [6.07, 6.45) is 2.65. The molecule has 0 saturated heterocycles. The van der Waals surface area contributed by atoms with Gasteiger partial charge in [-0.1, -0.05) is 18.2 Å². The van der Waals surface area contributed by atoms with Gasteiger partial charge < -0.3 is 0 Å². The third-order valence-electron chi connectivity index (χ3n) is 1.75. The van der Waals surface area contributed by atoms with Crippen LogP contribution in [0.3, 0.4) is 0 Å². The van der Waals surface area contributed by atoms with E-state index in [1.165, 1.54) is 12.7 Å². The molecule has 5 heteroatoms. The highest BCUT2D eigenvalue weighted by atomic mass is 16.1. The van der Waals surface area contributed by atoms with Crippen LogP contribution in [0.4, 0.5) is 5.95 Å². The van der Waals surface area contributed by atoms with Crippen molar-refractivity contribution in [3.63, 3.8) is 0 Å². The van der Waals surface area contributed by atoms with E-state index in [9.17, 15) is 4.79 Å². The van der Waals surface area contributed by atoms with E-state index < -0.39 is 0 Å². The Morgan fingerprint density at radius 3 is 2.40 bits per heavy atom. The van der Waals surface area contributed by atoms with Crippen LogP contribution < -0.4 is 5.32 Å². The molecule has 0 aliphatic carbocycles. The molecule has 0 atom stereocenters. The van der Waals surface area contributed by atoms with Gasteiger partial charge in [0.2, 0.25) is 5.95 Å². The fraction of sp³-hybridized carbons (Fsp3) is 0. The normalized spacial score (nSPS) is 9.60. The standard InChI is InChI=1S/C10H8N4O/c15-9(8-4-2-1-3-5-8)14-10-12-6-11-7-13-10/h1-7H,(H,11,12,13,14,15). The average molecular weight is 200 g/mol. The molecule has 0 aliphatic heterocycles. The smallest absolute Gasteiger partial charge is 0.258 e. The van der Waals surface area contributed by atoms with Crippen LogP contribution in [0.1, 0.15) is 10.4 Å². The Kier molecular flexibility index (Phi) is 2.64. The van der Waals surface area contributed by atoms with Gasteiger partial charge in [-0.15, -0.1) is 0 Å². The van der Waals surface area contributed by atoms with Crippen molar-refractivity contribution in [2.45, 2.75) is 0 Å². The lowest BCUT2D eigenvalue weighted by Gasteiger charge is -2.01. The highest BCUT2D eigenvalue weighted by Crippen LogP contribution is 2.01. The second-order valence-electron chi connectivity index (χ2n) is 2.78. The summed E-state index contributed by atoms with van der Waals surface area (Å²) in [5.74, 6) is 0.0145. The SMILES string of the molecule is O=C(Nc1ncncn1)c1ccccc1.